The third kappa shape index (κ3) is 1.24. The molecule has 2 aliphatic rings. The molecule has 0 fully saturated rings. The fraction of sp³-hybridized carbons (Fsp3) is 0.222. The molecule has 2 nitrogen and oxygen atoms in total. The maximum absolute atomic E-state index is 4.36. The first-order valence-electron chi connectivity index (χ1n) is 3.73. The number of amidine groups is 1. The summed E-state index contributed by atoms with van der Waals surface area (Å²) in [6.45, 7) is 1.98. The molecule has 2 rings (SSSR count). The average Bonchev–Trinajstić information content (AvgIpc) is 2.11. The fourth-order valence-electron chi connectivity index (χ4n) is 1.26. The summed E-state index contributed by atoms with van der Waals surface area (Å²) in [4.78, 5) is 4.36. The van der Waals surface area contributed by atoms with Crippen molar-refractivity contribution < 1.29 is 0 Å². The van der Waals surface area contributed by atoms with Gasteiger partial charge in [0.1, 0.15) is 0 Å². The highest BCUT2D eigenvalue weighted by Crippen LogP contribution is 2.10. The van der Waals surface area contributed by atoms with Gasteiger partial charge in [0.2, 0.25) is 0 Å². The fourth-order valence-corrected chi connectivity index (χ4v) is 1.26. The molecule has 0 saturated heterocycles. The van der Waals surface area contributed by atoms with Crippen molar-refractivity contribution in [1.82, 2.24) is 5.32 Å². The number of nitrogens with one attached hydrogen (secondary N) is 1. The minimum Gasteiger partial charge on any atom is -0.344 e. The molecule has 1 aliphatic heterocycles. The van der Waals surface area contributed by atoms with E-state index >= 15 is 0 Å². The van der Waals surface area contributed by atoms with E-state index in [1.807, 2.05) is 19.1 Å². The lowest BCUT2D eigenvalue weighted by Gasteiger charge is -2.14. The molecule has 2 bridgehead atoms. The number of aliphatic imine (C=N–C) groups is 1. The summed E-state index contributed by atoms with van der Waals surface area (Å²) in [5.41, 5.74) is 1.15. The molecule has 1 aliphatic carbocycles. The van der Waals surface area contributed by atoms with E-state index in [2.05, 4.69) is 28.5 Å². The van der Waals surface area contributed by atoms with Crippen LogP contribution in [0.2, 0.25) is 0 Å². The Balaban J connectivity index is 2.35. The number of fused-ring (bicyclic) bond motifs is 1. The van der Waals surface area contributed by atoms with Gasteiger partial charge in [0.15, 0.2) is 0 Å². The topological polar surface area (TPSA) is 24.4 Å². The van der Waals surface area contributed by atoms with Gasteiger partial charge in [0.25, 0.3) is 0 Å². The highest BCUT2D eigenvalue weighted by molar-refractivity contribution is 5.83. The maximum Gasteiger partial charge on any atom is 0.0986 e. The van der Waals surface area contributed by atoms with E-state index in [4.69, 9.17) is 0 Å². The number of hydrogen-bond donors (Lipinski definition) is 1. The zero-order valence-electron chi connectivity index (χ0n) is 6.41. The molecular weight excluding hydrogens is 136 g/mol. The van der Waals surface area contributed by atoms with Gasteiger partial charge in [0, 0.05) is 5.70 Å². The van der Waals surface area contributed by atoms with E-state index < -0.39 is 0 Å². The first kappa shape index (κ1) is 6.40. The van der Waals surface area contributed by atoms with Crippen LogP contribution in [0.15, 0.2) is 41.1 Å². The van der Waals surface area contributed by atoms with Crippen molar-refractivity contribution >= 4 is 5.84 Å². The van der Waals surface area contributed by atoms with Crippen molar-refractivity contribution in [2.45, 2.75) is 13.0 Å². The number of rotatable bonds is 0. The molecule has 0 aromatic carbocycles. The van der Waals surface area contributed by atoms with E-state index in [0.717, 1.165) is 11.5 Å². The Morgan fingerprint density at radius 2 is 2.36 bits per heavy atom. The van der Waals surface area contributed by atoms with Crippen LogP contribution < -0.4 is 5.32 Å². The summed E-state index contributed by atoms with van der Waals surface area (Å²) in [6.07, 6.45) is 10.3. The Bertz CT molecular complexity index is 282. The standard InChI is InChI=1S/C9H10N2/c1-7-10-8-4-2-3-5-9(6-8)11-7/h2-6,8H,1H3,(H,10,11). The zero-order valence-corrected chi connectivity index (χ0v) is 6.41. The summed E-state index contributed by atoms with van der Waals surface area (Å²) >= 11 is 0. The van der Waals surface area contributed by atoms with Gasteiger partial charge in [-0.2, -0.15) is 0 Å². The minimum atomic E-state index is 0.237. The Morgan fingerprint density at radius 1 is 1.45 bits per heavy atom. The number of nitrogens with zero attached hydrogens (tertiary/aromatic N) is 1. The Hall–Kier alpha value is -1.31. The van der Waals surface area contributed by atoms with E-state index in [1.54, 1.807) is 0 Å². The van der Waals surface area contributed by atoms with Gasteiger partial charge in [-0.3, -0.25) is 4.99 Å². The molecular formula is C9H10N2. The van der Waals surface area contributed by atoms with E-state index in [-0.39, 0.29) is 6.04 Å². The van der Waals surface area contributed by atoms with Gasteiger partial charge >= 0.3 is 0 Å². The number of hydrogen-bond acceptors (Lipinski definition) is 2. The molecule has 0 saturated carbocycles. The predicted octanol–water partition coefficient (Wildman–Crippen LogP) is 1.39. The normalized spacial score (nSPS) is 26.8. The van der Waals surface area contributed by atoms with Gasteiger partial charge in [-0.15, -0.1) is 0 Å². The lowest BCUT2D eigenvalue weighted by molar-refractivity contribution is 0.938. The Labute approximate surface area is 66.0 Å². The zero-order chi connectivity index (χ0) is 7.68. The van der Waals surface area contributed by atoms with Crippen molar-refractivity contribution in [1.29, 1.82) is 0 Å². The predicted molar refractivity (Wildman–Crippen MR) is 46.4 cm³/mol. The number of allylic oxidation sites excluding steroid dienone is 3. The van der Waals surface area contributed by atoms with Crippen LogP contribution >= 0.6 is 0 Å². The van der Waals surface area contributed by atoms with Gasteiger partial charge in [-0.1, -0.05) is 18.2 Å². The van der Waals surface area contributed by atoms with Crippen LogP contribution in [0.3, 0.4) is 0 Å². The highest BCUT2D eigenvalue weighted by atomic mass is 15.0. The molecule has 1 atom stereocenters. The SMILES string of the molecule is CC1=NC2C=CC=CC(=C2)N1. The van der Waals surface area contributed by atoms with Crippen LogP contribution in [0.5, 0.6) is 0 Å². The minimum absolute atomic E-state index is 0.237. The second-order valence-corrected chi connectivity index (χ2v) is 2.70. The first-order valence-corrected chi connectivity index (χ1v) is 3.73. The lowest BCUT2D eigenvalue weighted by Crippen LogP contribution is -2.25. The Morgan fingerprint density at radius 3 is 3.27 bits per heavy atom. The highest BCUT2D eigenvalue weighted by Gasteiger charge is 2.08. The molecule has 1 unspecified atom stereocenters. The van der Waals surface area contributed by atoms with Crippen molar-refractivity contribution in [3.63, 3.8) is 0 Å². The molecule has 0 radical (unpaired) electrons. The summed E-state index contributed by atoms with van der Waals surface area (Å²) in [6, 6.07) is 0.237. The largest absolute Gasteiger partial charge is 0.344 e. The lowest BCUT2D eigenvalue weighted by atomic mass is 10.2. The molecule has 0 amide bonds. The van der Waals surface area contributed by atoms with Crippen LogP contribution in [0.25, 0.3) is 0 Å². The Kier molecular flexibility index (Phi) is 1.39. The second-order valence-electron chi connectivity index (χ2n) is 2.70. The van der Waals surface area contributed by atoms with Gasteiger partial charge in [-0.25, -0.2) is 0 Å². The summed E-state index contributed by atoms with van der Waals surface area (Å²) in [7, 11) is 0. The molecule has 2 heteroatoms. The van der Waals surface area contributed by atoms with E-state index in [1.165, 1.54) is 0 Å². The van der Waals surface area contributed by atoms with Crippen molar-refractivity contribution in [2.75, 3.05) is 0 Å². The summed E-state index contributed by atoms with van der Waals surface area (Å²) in [5.74, 6) is 0.990. The second kappa shape index (κ2) is 2.38. The molecule has 0 spiro atoms. The quantitative estimate of drug-likeness (QED) is 0.548. The van der Waals surface area contributed by atoms with E-state index in [0.29, 0.717) is 0 Å². The molecule has 1 heterocycles. The molecule has 56 valence electrons. The molecule has 0 aromatic rings. The first-order chi connectivity index (χ1) is 5.34. The van der Waals surface area contributed by atoms with Gasteiger partial charge in [-0.05, 0) is 19.1 Å². The van der Waals surface area contributed by atoms with Gasteiger partial charge in [0.05, 0.1) is 11.9 Å². The van der Waals surface area contributed by atoms with Crippen LogP contribution in [0.4, 0.5) is 0 Å². The van der Waals surface area contributed by atoms with Crippen LogP contribution in [0, 0.1) is 0 Å². The van der Waals surface area contributed by atoms with Crippen molar-refractivity contribution in [3.05, 3.63) is 36.1 Å². The summed E-state index contributed by atoms with van der Waals surface area (Å²) < 4.78 is 0. The van der Waals surface area contributed by atoms with Crippen molar-refractivity contribution in [2.24, 2.45) is 4.99 Å². The monoisotopic (exact) mass is 146 g/mol. The average molecular weight is 146 g/mol. The third-order valence-corrected chi connectivity index (χ3v) is 1.71. The molecule has 11 heavy (non-hydrogen) atoms. The van der Waals surface area contributed by atoms with Crippen molar-refractivity contribution in [3.8, 4) is 0 Å². The smallest absolute Gasteiger partial charge is 0.0986 e. The van der Waals surface area contributed by atoms with Crippen LogP contribution in [-0.2, 0) is 0 Å². The third-order valence-electron chi connectivity index (χ3n) is 1.71. The van der Waals surface area contributed by atoms with Crippen LogP contribution in [0.1, 0.15) is 6.92 Å². The molecule has 1 N–H and O–H groups in total. The van der Waals surface area contributed by atoms with Gasteiger partial charge < -0.3 is 5.32 Å². The molecule has 0 aromatic heterocycles. The summed E-state index contributed by atoms with van der Waals surface area (Å²) in [5, 5.41) is 3.17. The maximum atomic E-state index is 4.36. The van der Waals surface area contributed by atoms with Crippen LogP contribution in [-0.4, -0.2) is 11.9 Å². The van der Waals surface area contributed by atoms with E-state index in [9.17, 15) is 0 Å².